The van der Waals surface area contributed by atoms with Crippen molar-refractivity contribution in [2.75, 3.05) is 10.6 Å². The molecular formula is C11H8Br2N2O2. The normalized spacial score (nSPS) is 10.0. The van der Waals surface area contributed by atoms with Gasteiger partial charge in [-0.3, -0.25) is 5.32 Å². The van der Waals surface area contributed by atoms with E-state index in [-0.39, 0.29) is 6.03 Å². The van der Waals surface area contributed by atoms with Gasteiger partial charge in [0.15, 0.2) is 4.67 Å². The molecule has 2 aromatic rings. The molecule has 6 heteroatoms. The van der Waals surface area contributed by atoms with Gasteiger partial charge in [0.1, 0.15) is 0 Å². The number of nitrogens with one attached hydrogen (secondary N) is 2. The molecule has 0 aliphatic heterocycles. The van der Waals surface area contributed by atoms with Crippen LogP contribution in [0.4, 0.5) is 16.4 Å². The molecule has 88 valence electrons. The van der Waals surface area contributed by atoms with Crippen LogP contribution in [0.5, 0.6) is 0 Å². The Morgan fingerprint density at radius 3 is 2.29 bits per heavy atom. The van der Waals surface area contributed by atoms with Gasteiger partial charge in [-0.15, -0.1) is 0 Å². The van der Waals surface area contributed by atoms with E-state index >= 15 is 0 Å². The number of benzene rings is 1. The van der Waals surface area contributed by atoms with Crippen LogP contribution < -0.4 is 10.6 Å². The number of carbonyl (C=O) groups is 1. The van der Waals surface area contributed by atoms with E-state index in [1.807, 2.05) is 12.1 Å². The molecule has 0 spiro atoms. The first kappa shape index (κ1) is 12.2. The van der Waals surface area contributed by atoms with Crippen LogP contribution >= 0.6 is 31.9 Å². The van der Waals surface area contributed by atoms with Crippen molar-refractivity contribution in [3.63, 3.8) is 0 Å². The lowest BCUT2D eigenvalue weighted by molar-refractivity contribution is 0.261. The van der Waals surface area contributed by atoms with Crippen LogP contribution in [0.2, 0.25) is 0 Å². The third kappa shape index (κ3) is 3.61. The fourth-order valence-corrected chi connectivity index (χ4v) is 1.76. The highest BCUT2D eigenvalue weighted by molar-refractivity contribution is 9.10. The summed E-state index contributed by atoms with van der Waals surface area (Å²) >= 11 is 6.47. The Bertz CT molecular complexity index is 523. The van der Waals surface area contributed by atoms with Gasteiger partial charge < -0.3 is 9.73 Å². The summed E-state index contributed by atoms with van der Waals surface area (Å²) in [5, 5.41) is 5.25. The van der Waals surface area contributed by atoms with Crippen molar-refractivity contribution >= 4 is 49.5 Å². The van der Waals surface area contributed by atoms with Gasteiger partial charge in [-0.05, 0) is 46.3 Å². The van der Waals surface area contributed by atoms with Gasteiger partial charge in [0.2, 0.25) is 5.88 Å². The summed E-state index contributed by atoms with van der Waals surface area (Å²) in [6.45, 7) is 0. The van der Waals surface area contributed by atoms with Crippen LogP contribution in [0.3, 0.4) is 0 Å². The molecule has 2 N–H and O–H groups in total. The smallest absolute Gasteiger partial charge is 0.326 e. The molecule has 1 aromatic carbocycles. The molecule has 2 amide bonds. The minimum atomic E-state index is -0.353. The molecular weight excluding hydrogens is 352 g/mol. The summed E-state index contributed by atoms with van der Waals surface area (Å²) in [5.41, 5.74) is 0.705. The van der Waals surface area contributed by atoms with E-state index in [1.165, 1.54) is 0 Å². The predicted octanol–water partition coefficient (Wildman–Crippen LogP) is 4.45. The van der Waals surface area contributed by atoms with Crippen molar-refractivity contribution < 1.29 is 9.21 Å². The number of halogens is 2. The minimum absolute atomic E-state index is 0.353. The quantitative estimate of drug-likeness (QED) is 0.832. The summed E-state index contributed by atoms with van der Waals surface area (Å²) in [6, 6.07) is 10.3. The molecule has 0 saturated heterocycles. The van der Waals surface area contributed by atoms with Crippen molar-refractivity contribution in [3.05, 3.63) is 45.5 Å². The van der Waals surface area contributed by atoms with Crippen LogP contribution in [0.25, 0.3) is 0 Å². The van der Waals surface area contributed by atoms with Crippen molar-refractivity contribution in [1.29, 1.82) is 0 Å². The largest absolute Gasteiger partial charge is 0.434 e. The highest BCUT2D eigenvalue weighted by Gasteiger charge is 2.05. The summed E-state index contributed by atoms with van der Waals surface area (Å²) in [6.07, 6.45) is 0. The van der Waals surface area contributed by atoms with Crippen molar-refractivity contribution in [1.82, 2.24) is 0 Å². The molecule has 0 unspecified atom stereocenters. The van der Waals surface area contributed by atoms with Gasteiger partial charge >= 0.3 is 6.03 Å². The molecule has 0 fully saturated rings. The molecule has 4 nitrogen and oxygen atoms in total. The van der Waals surface area contributed by atoms with E-state index in [4.69, 9.17) is 4.42 Å². The third-order valence-corrected chi connectivity index (χ3v) is 2.87. The number of rotatable bonds is 2. The van der Waals surface area contributed by atoms with Gasteiger partial charge in [0, 0.05) is 16.2 Å². The zero-order valence-electron chi connectivity index (χ0n) is 8.54. The summed E-state index contributed by atoms with van der Waals surface area (Å²) in [5.74, 6) is 0.381. The second-order valence-electron chi connectivity index (χ2n) is 3.19. The van der Waals surface area contributed by atoms with Gasteiger partial charge in [0.25, 0.3) is 0 Å². The standard InChI is InChI=1S/C11H8Br2N2O2/c12-7-1-3-8(4-2-7)14-11(16)15-10-6-5-9(13)17-10/h1-6H,(H2,14,15,16). The maximum Gasteiger partial charge on any atom is 0.326 e. The van der Waals surface area contributed by atoms with Crippen LogP contribution in [0.1, 0.15) is 0 Å². The van der Waals surface area contributed by atoms with Gasteiger partial charge in [-0.1, -0.05) is 15.9 Å². The zero-order chi connectivity index (χ0) is 12.3. The average Bonchev–Trinajstić information content (AvgIpc) is 2.67. The predicted molar refractivity (Wildman–Crippen MR) is 73.2 cm³/mol. The van der Waals surface area contributed by atoms with E-state index in [0.717, 1.165) is 4.47 Å². The highest BCUT2D eigenvalue weighted by Crippen LogP contribution is 2.19. The Morgan fingerprint density at radius 1 is 1.00 bits per heavy atom. The topological polar surface area (TPSA) is 54.3 Å². The fraction of sp³-hybridized carbons (Fsp3) is 0. The van der Waals surface area contributed by atoms with Crippen LogP contribution in [-0.4, -0.2) is 6.03 Å². The zero-order valence-corrected chi connectivity index (χ0v) is 11.7. The van der Waals surface area contributed by atoms with Crippen LogP contribution in [0.15, 0.2) is 50.0 Å². The molecule has 0 aliphatic carbocycles. The number of urea groups is 1. The number of hydrogen-bond donors (Lipinski definition) is 2. The van der Waals surface area contributed by atoms with Crippen molar-refractivity contribution in [2.45, 2.75) is 0 Å². The molecule has 0 bridgehead atoms. The Kier molecular flexibility index (Phi) is 3.86. The minimum Gasteiger partial charge on any atom is -0.434 e. The van der Waals surface area contributed by atoms with Gasteiger partial charge in [-0.2, -0.15) is 0 Å². The first-order valence-electron chi connectivity index (χ1n) is 4.72. The highest BCUT2D eigenvalue weighted by atomic mass is 79.9. The van der Waals surface area contributed by atoms with Crippen molar-refractivity contribution in [3.8, 4) is 0 Å². The third-order valence-electron chi connectivity index (χ3n) is 1.91. The maximum atomic E-state index is 11.6. The maximum absolute atomic E-state index is 11.6. The number of hydrogen-bond acceptors (Lipinski definition) is 2. The average molecular weight is 360 g/mol. The molecule has 0 radical (unpaired) electrons. The molecule has 1 heterocycles. The summed E-state index contributed by atoms with van der Waals surface area (Å²) < 4.78 is 6.67. The van der Waals surface area contributed by atoms with Gasteiger partial charge in [0.05, 0.1) is 0 Å². The number of amides is 2. The fourth-order valence-electron chi connectivity index (χ4n) is 1.19. The number of carbonyl (C=O) groups excluding carboxylic acids is 1. The lowest BCUT2D eigenvalue weighted by Crippen LogP contribution is -2.18. The molecule has 0 atom stereocenters. The van der Waals surface area contributed by atoms with E-state index in [9.17, 15) is 4.79 Å². The monoisotopic (exact) mass is 358 g/mol. The van der Waals surface area contributed by atoms with Crippen LogP contribution in [0, 0.1) is 0 Å². The number of furan rings is 1. The first-order valence-corrected chi connectivity index (χ1v) is 6.31. The van der Waals surface area contributed by atoms with E-state index in [2.05, 4.69) is 42.5 Å². The molecule has 2 rings (SSSR count). The second-order valence-corrected chi connectivity index (χ2v) is 4.89. The molecule has 0 aliphatic rings. The summed E-state index contributed by atoms with van der Waals surface area (Å²) in [4.78, 5) is 11.6. The van der Waals surface area contributed by atoms with Crippen molar-refractivity contribution in [2.24, 2.45) is 0 Å². The summed E-state index contributed by atoms with van der Waals surface area (Å²) in [7, 11) is 0. The van der Waals surface area contributed by atoms with E-state index < -0.39 is 0 Å². The molecule has 0 saturated carbocycles. The Labute approximate surface area is 115 Å². The SMILES string of the molecule is O=C(Nc1ccc(Br)cc1)Nc1ccc(Br)o1. The lowest BCUT2D eigenvalue weighted by atomic mass is 10.3. The Morgan fingerprint density at radius 2 is 1.71 bits per heavy atom. The Hall–Kier alpha value is -1.27. The Balaban J connectivity index is 1.95. The van der Waals surface area contributed by atoms with Gasteiger partial charge in [-0.25, -0.2) is 4.79 Å². The molecule has 1 aromatic heterocycles. The van der Waals surface area contributed by atoms with Crippen LogP contribution in [-0.2, 0) is 0 Å². The van der Waals surface area contributed by atoms with E-state index in [0.29, 0.717) is 16.2 Å². The second kappa shape index (κ2) is 5.37. The van der Waals surface area contributed by atoms with E-state index in [1.54, 1.807) is 24.3 Å². The first-order chi connectivity index (χ1) is 8.13. The number of anilines is 2. The lowest BCUT2D eigenvalue weighted by Gasteiger charge is -2.05. The molecule has 17 heavy (non-hydrogen) atoms.